The lowest BCUT2D eigenvalue weighted by Gasteiger charge is -2.04. The quantitative estimate of drug-likeness (QED) is 0.728. The molecule has 88 valence electrons. The van der Waals surface area contributed by atoms with Crippen LogP contribution in [0.15, 0.2) is 12.4 Å². The van der Waals surface area contributed by atoms with E-state index in [1.54, 1.807) is 0 Å². The van der Waals surface area contributed by atoms with Crippen molar-refractivity contribution in [2.24, 2.45) is 0 Å². The van der Waals surface area contributed by atoms with Crippen LogP contribution in [-0.4, -0.2) is 27.6 Å². The highest BCUT2D eigenvalue weighted by atomic mass is 19.3. The maximum atomic E-state index is 12.1. The highest BCUT2D eigenvalue weighted by Crippen LogP contribution is 2.16. The molecule has 0 aliphatic rings. The van der Waals surface area contributed by atoms with Crippen molar-refractivity contribution in [3.63, 3.8) is 0 Å². The number of hydrogen-bond donors (Lipinski definition) is 2. The lowest BCUT2D eigenvalue weighted by atomic mass is 10.3. The molecule has 0 radical (unpaired) electrons. The summed E-state index contributed by atoms with van der Waals surface area (Å²) < 4.78 is 24.3. The van der Waals surface area contributed by atoms with E-state index < -0.39 is 12.4 Å². The summed E-state index contributed by atoms with van der Waals surface area (Å²) in [6.45, 7) is 0.389. The molecule has 5 nitrogen and oxygen atoms in total. The van der Waals surface area contributed by atoms with E-state index in [4.69, 9.17) is 5.11 Å². The highest BCUT2D eigenvalue weighted by molar-refractivity contribution is 5.66. The van der Waals surface area contributed by atoms with E-state index in [0.717, 1.165) is 12.4 Å². The molecule has 0 aliphatic heterocycles. The zero-order valence-corrected chi connectivity index (χ0v) is 8.36. The van der Waals surface area contributed by atoms with Gasteiger partial charge in [0, 0.05) is 25.4 Å². The first-order valence-electron chi connectivity index (χ1n) is 4.65. The number of carboxylic acids is 1. The van der Waals surface area contributed by atoms with E-state index in [9.17, 15) is 13.6 Å². The van der Waals surface area contributed by atoms with E-state index in [2.05, 4.69) is 15.3 Å². The van der Waals surface area contributed by atoms with Crippen molar-refractivity contribution in [3.05, 3.63) is 18.0 Å². The van der Waals surface area contributed by atoms with E-state index >= 15 is 0 Å². The Balaban J connectivity index is 2.35. The lowest BCUT2D eigenvalue weighted by Crippen LogP contribution is -2.07. The molecular weight excluding hydrogens is 220 g/mol. The fourth-order valence-electron chi connectivity index (χ4n) is 0.982. The molecule has 0 aliphatic carbocycles. The van der Waals surface area contributed by atoms with Gasteiger partial charge in [-0.1, -0.05) is 0 Å². The van der Waals surface area contributed by atoms with Gasteiger partial charge >= 0.3 is 5.97 Å². The van der Waals surface area contributed by atoms with Gasteiger partial charge in [0.15, 0.2) is 0 Å². The number of aliphatic carboxylic acids is 1. The standard InChI is InChI=1S/C9H11F2N3O2/c10-8(11)6-4-13-9(14-5-6)12-3-1-2-7(15)16/h4-5,8H,1-3H2,(H,15,16)(H,12,13,14). The fourth-order valence-corrected chi connectivity index (χ4v) is 0.982. The van der Waals surface area contributed by atoms with Crippen LogP contribution in [0.4, 0.5) is 14.7 Å². The summed E-state index contributed by atoms with van der Waals surface area (Å²) >= 11 is 0. The van der Waals surface area contributed by atoms with Crippen molar-refractivity contribution >= 4 is 11.9 Å². The Morgan fingerprint density at radius 3 is 2.56 bits per heavy atom. The van der Waals surface area contributed by atoms with Crippen LogP contribution in [0.1, 0.15) is 24.8 Å². The predicted octanol–water partition coefficient (Wildman–Crippen LogP) is 1.69. The SMILES string of the molecule is O=C(O)CCCNc1ncc(C(F)F)cn1. The Hall–Kier alpha value is -1.79. The average molecular weight is 231 g/mol. The second-order valence-corrected chi connectivity index (χ2v) is 3.06. The molecule has 0 aromatic carbocycles. The summed E-state index contributed by atoms with van der Waals surface area (Å²) in [7, 11) is 0. The second kappa shape index (κ2) is 5.94. The number of alkyl halides is 2. The van der Waals surface area contributed by atoms with Gasteiger partial charge in [-0.3, -0.25) is 4.79 Å². The predicted molar refractivity (Wildman–Crippen MR) is 52.3 cm³/mol. The largest absolute Gasteiger partial charge is 0.481 e. The Bertz CT molecular complexity index is 343. The first kappa shape index (κ1) is 12.3. The van der Waals surface area contributed by atoms with Crippen molar-refractivity contribution in [1.29, 1.82) is 0 Å². The van der Waals surface area contributed by atoms with Crippen molar-refractivity contribution in [1.82, 2.24) is 9.97 Å². The van der Waals surface area contributed by atoms with Crippen LogP contribution in [0.2, 0.25) is 0 Å². The molecule has 0 fully saturated rings. The van der Waals surface area contributed by atoms with Gasteiger partial charge < -0.3 is 10.4 Å². The van der Waals surface area contributed by atoms with Crippen LogP contribution in [0.5, 0.6) is 0 Å². The summed E-state index contributed by atoms with van der Waals surface area (Å²) in [6.07, 6.45) is -0.0349. The summed E-state index contributed by atoms with van der Waals surface area (Å²) in [5, 5.41) is 11.1. The van der Waals surface area contributed by atoms with Gasteiger partial charge in [-0.2, -0.15) is 0 Å². The van der Waals surface area contributed by atoms with E-state index in [0.29, 0.717) is 13.0 Å². The van der Waals surface area contributed by atoms with Gasteiger partial charge in [0.2, 0.25) is 5.95 Å². The zero-order valence-electron chi connectivity index (χ0n) is 8.36. The Morgan fingerprint density at radius 2 is 2.06 bits per heavy atom. The average Bonchev–Trinajstić information content (AvgIpc) is 2.25. The number of carboxylic acid groups (broad SMARTS) is 1. The van der Waals surface area contributed by atoms with Crippen LogP contribution in [0.25, 0.3) is 0 Å². The molecule has 0 saturated heterocycles. The molecular formula is C9H11F2N3O2. The second-order valence-electron chi connectivity index (χ2n) is 3.06. The normalized spacial score (nSPS) is 10.4. The number of carbonyl (C=O) groups is 1. The summed E-state index contributed by atoms with van der Waals surface area (Å²) in [5.74, 6) is -0.662. The van der Waals surface area contributed by atoms with Crippen LogP contribution < -0.4 is 5.32 Å². The molecule has 7 heteroatoms. The van der Waals surface area contributed by atoms with E-state index in [-0.39, 0.29) is 17.9 Å². The Morgan fingerprint density at radius 1 is 1.44 bits per heavy atom. The number of hydrogen-bond acceptors (Lipinski definition) is 4. The minimum Gasteiger partial charge on any atom is -0.481 e. The molecule has 0 unspecified atom stereocenters. The van der Waals surface area contributed by atoms with E-state index in [1.807, 2.05) is 0 Å². The van der Waals surface area contributed by atoms with Crippen LogP contribution >= 0.6 is 0 Å². The zero-order chi connectivity index (χ0) is 12.0. The van der Waals surface area contributed by atoms with E-state index in [1.165, 1.54) is 0 Å². The summed E-state index contributed by atoms with van der Waals surface area (Å²) in [4.78, 5) is 17.5. The molecule has 1 rings (SSSR count). The monoisotopic (exact) mass is 231 g/mol. The topological polar surface area (TPSA) is 75.1 Å². The molecule has 1 aromatic rings. The maximum Gasteiger partial charge on any atom is 0.303 e. The molecule has 16 heavy (non-hydrogen) atoms. The number of rotatable bonds is 6. The van der Waals surface area contributed by atoms with Crippen molar-refractivity contribution < 1.29 is 18.7 Å². The third-order valence-electron chi connectivity index (χ3n) is 1.77. The minimum absolute atomic E-state index is 0.0438. The van der Waals surface area contributed by atoms with Crippen LogP contribution in [-0.2, 0) is 4.79 Å². The molecule has 0 saturated carbocycles. The fraction of sp³-hybridized carbons (Fsp3) is 0.444. The van der Waals surface area contributed by atoms with Gasteiger partial charge in [0.25, 0.3) is 6.43 Å². The van der Waals surface area contributed by atoms with Crippen molar-refractivity contribution in [2.75, 3.05) is 11.9 Å². The molecule has 1 aromatic heterocycles. The third-order valence-corrected chi connectivity index (χ3v) is 1.77. The number of nitrogens with zero attached hydrogens (tertiary/aromatic N) is 2. The Labute approximate surface area is 90.5 Å². The van der Waals surface area contributed by atoms with Crippen molar-refractivity contribution in [3.8, 4) is 0 Å². The van der Waals surface area contributed by atoms with Crippen LogP contribution in [0.3, 0.4) is 0 Å². The number of halogens is 2. The first-order chi connectivity index (χ1) is 7.59. The molecule has 0 spiro atoms. The number of anilines is 1. The molecule has 0 atom stereocenters. The molecule has 1 heterocycles. The van der Waals surface area contributed by atoms with Gasteiger partial charge in [0.1, 0.15) is 0 Å². The number of aromatic nitrogens is 2. The van der Waals surface area contributed by atoms with Gasteiger partial charge in [0.05, 0.1) is 5.56 Å². The minimum atomic E-state index is -2.58. The van der Waals surface area contributed by atoms with Crippen molar-refractivity contribution in [2.45, 2.75) is 19.3 Å². The summed E-state index contributed by atoms with van der Waals surface area (Å²) in [5.41, 5.74) is -0.240. The molecule has 0 bridgehead atoms. The Kier molecular flexibility index (Phi) is 4.56. The molecule has 0 amide bonds. The highest BCUT2D eigenvalue weighted by Gasteiger charge is 2.07. The first-order valence-corrected chi connectivity index (χ1v) is 4.65. The van der Waals surface area contributed by atoms with Gasteiger partial charge in [-0.05, 0) is 6.42 Å². The maximum absolute atomic E-state index is 12.1. The third kappa shape index (κ3) is 4.16. The summed E-state index contributed by atoms with van der Waals surface area (Å²) in [6, 6.07) is 0. The van der Waals surface area contributed by atoms with Gasteiger partial charge in [-0.15, -0.1) is 0 Å². The van der Waals surface area contributed by atoms with Crippen LogP contribution in [0, 0.1) is 0 Å². The molecule has 2 N–H and O–H groups in total. The van der Waals surface area contributed by atoms with Gasteiger partial charge in [-0.25, -0.2) is 18.7 Å². The number of nitrogens with one attached hydrogen (secondary N) is 1. The smallest absolute Gasteiger partial charge is 0.303 e. The lowest BCUT2D eigenvalue weighted by molar-refractivity contribution is -0.137.